The summed E-state index contributed by atoms with van der Waals surface area (Å²) >= 11 is 0. The molecule has 0 saturated heterocycles. The van der Waals surface area contributed by atoms with Crippen LogP contribution in [-0.4, -0.2) is 4.57 Å². The van der Waals surface area contributed by atoms with Crippen molar-refractivity contribution in [3.8, 4) is 16.8 Å². The van der Waals surface area contributed by atoms with E-state index in [-0.39, 0.29) is 0 Å². The highest BCUT2D eigenvalue weighted by atomic mass is 16.3. The van der Waals surface area contributed by atoms with Crippen molar-refractivity contribution >= 4 is 65.7 Å². The Kier molecular flexibility index (Phi) is 4.05. The fourth-order valence-electron chi connectivity index (χ4n) is 6.21. The minimum absolute atomic E-state index is 0.911. The van der Waals surface area contributed by atoms with Gasteiger partial charge in [0.1, 0.15) is 16.7 Å². The van der Waals surface area contributed by atoms with Gasteiger partial charge < -0.3 is 13.4 Å². The lowest BCUT2D eigenvalue weighted by Gasteiger charge is -2.10. The maximum atomic E-state index is 6.49. The number of aromatic nitrogens is 1. The molecule has 9 aromatic rings. The molecule has 0 fully saturated rings. The van der Waals surface area contributed by atoms with Gasteiger partial charge in [0.2, 0.25) is 0 Å². The van der Waals surface area contributed by atoms with Crippen LogP contribution in [0.5, 0.6) is 0 Å². The third kappa shape index (κ3) is 2.87. The van der Waals surface area contributed by atoms with Gasteiger partial charge in [-0.3, -0.25) is 0 Å². The second-order valence-corrected chi connectivity index (χ2v) is 10.1. The van der Waals surface area contributed by atoms with Crippen molar-refractivity contribution in [3.63, 3.8) is 0 Å². The molecule has 0 aliphatic heterocycles. The van der Waals surface area contributed by atoms with Crippen LogP contribution >= 0.6 is 0 Å². The van der Waals surface area contributed by atoms with E-state index in [1.807, 2.05) is 24.3 Å². The predicted molar refractivity (Wildman–Crippen MR) is 161 cm³/mol. The van der Waals surface area contributed by atoms with E-state index in [0.29, 0.717) is 0 Å². The predicted octanol–water partition coefficient (Wildman–Crippen LogP) is 10.2. The summed E-state index contributed by atoms with van der Waals surface area (Å²) in [5.41, 5.74) is 9.37. The van der Waals surface area contributed by atoms with E-state index >= 15 is 0 Å². The molecule has 3 nitrogen and oxygen atoms in total. The number of fused-ring (bicyclic) bond motifs is 10. The minimum Gasteiger partial charge on any atom is -0.456 e. The largest absolute Gasteiger partial charge is 0.456 e. The second-order valence-electron chi connectivity index (χ2n) is 10.1. The summed E-state index contributed by atoms with van der Waals surface area (Å²) in [6, 6.07) is 44.8. The quantitative estimate of drug-likeness (QED) is 0.237. The first-order valence-corrected chi connectivity index (χ1v) is 13.2. The molecule has 0 unspecified atom stereocenters. The van der Waals surface area contributed by atoms with E-state index in [4.69, 9.17) is 8.83 Å². The van der Waals surface area contributed by atoms with Crippen LogP contribution in [0.1, 0.15) is 0 Å². The van der Waals surface area contributed by atoms with Crippen LogP contribution in [0, 0.1) is 0 Å². The van der Waals surface area contributed by atoms with Crippen molar-refractivity contribution in [2.75, 3.05) is 0 Å². The van der Waals surface area contributed by atoms with E-state index in [2.05, 4.69) is 108 Å². The van der Waals surface area contributed by atoms with Crippen molar-refractivity contribution in [2.24, 2.45) is 0 Å². The summed E-state index contributed by atoms with van der Waals surface area (Å²) in [5, 5.41) is 6.98. The Hall–Kier alpha value is -5.28. The molecule has 0 atom stereocenters. The highest BCUT2D eigenvalue weighted by Crippen LogP contribution is 2.40. The monoisotopic (exact) mass is 499 g/mol. The van der Waals surface area contributed by atoms with Gasteiger partial charge >= 0.3 is 0 Å². The van der Waals surface area contributed by atoms with Crippen LogP contribution in [0.15, 0.2) is 136 Å². The molecule has 0 amide bonds. The molecule has 3 heterocycles. The Morgan fingerprint density at radius 1 is 0.410 bits per heavy atom. The Labute approximate surface area is 223 Å². The Bertz CT molecular complexity index is 2380. The maximum absolute atomic E-state index is 6.49. The molecule has 9 rings (SSSR count). The molecule has 0 aliphatic carbocycles. The van der Waals surface area contributed by atoms with Crippen LogP contribution in [0.2, 0.25) is 0 Å². The summed E-state index contributed by atoms with van der Waals surface area (Å²) in [6.45, 7) is 0. The van der Waals surface area contributed by atoms with Crippen molar-refractivity contribution in [1.29, 1.82) is 0 Å². The van der Waals surface area contributed by atoms with Crippen molar-refractivity contribution in [3.05, 3.63) is 127 Å². The van der Waals surface area contributed by atoms with Gasteiger partial charge in [-0.15, -0.1) is 0 Å². The first kappa shape index (κ1) is 20.7. The standard InChI is InChI=1S/C36H21NO2/c1-4-10-31-25(7-1)28-18-19-29-26-8-2-6-12-33(26)39-36(29)35(28)37(31)24-16-13-22(14-17-24)23-15-20-34-30(21-23)27-9-3-5-11-32(27)38-34/h1-21H. The average molecular weight is 500 g/mol. The van der Waals surface area contributed by atoms with E-state index in [1.54, 1.807) is 0 Å². The zero-order chi connectivity index (χ0) is 25.5. The highest BCUT2D eigenvalue weighted by molar-refractivity contribution is 6.21. The Balaban J connectivity index is 1.26. The van der Waals surface area contributed by atoms with E-state index < -0.39 is 0 Å². The SMILES string of the molecule is c1ccc2c(c1)oc1ccc(-c3ccc(-n4c5ccccc5c5ccc6c7ccccc7oc6c54)cc3)cc12. The summed E-state index contributed by atoms with van der Waals surface area (Å²) in [5.74, 6) is 0. The van der Waals surface area contributed by atoms with Crippen molar-refractivity contribution in [1.82, 2.24) is 4.57 Å². The van der Waals surface area contributed by atoms with Crippen molar-refractivity contribution in [2.45, 2.75) is 0 Å². The Morgan fingerprint density at radius 3 is 1.85 bits per heavy atom. The topological polar surface area (TPSA) is 31.2 Å². The molecule has 182 valence electrons. The molecule has 3 aromatic heterocycles. The van der Waals surface area contributed by atoms with Gasteiger partial charge in [0.05, 0.1) is 11.0 Å². The summed E-state index contributed by atoms with van der Waals surface area (Å²) in [6.07, 6.45) is 0. The molecule has 3 heteroatoms. The van der Waals surface area contributed by atoms with Gasteiger partial charge in [-0.1, -0.05) is 78.9 Å². The van der Waals surface area contributed by atoms with Crippen molar-refractivity contribution < 1.29 is 8.83 Å². The maximum Gasteiger partial charge on any atom is 0.160 e. The fourth-order valence-corrected chi connectivity index (χ4v) is 6.21. The molecular formula is C36H21NO2. The van der Waals surface area contributed by atoms with Crippen LogP contribution in [0.3, 0.4) is 0 Å². The number of benzene rings is 6. The molecular weight excluding hydrogens is 478 g/mol. The number of hydrogen-bond donors (Lipinski definition) is 0. The molecule has 0 aliphatic rings. The van der Waals surface area contributed by atoms with E-state index in [1.165, 1.54) is 27.4 Å². The molecule has 0 N–H and O–H groups in total. The number of para-hydroxylation sites is 3. The number of hydrogen-bond acceptors (Lipinski definition) is 2. The molecule has 0 saturated carbocycles. The molecule has 0 bridgehead atoms. The smallest absolute Gasteiger partial charge is 0.160 e. The van der Waals surface area contributed by atoms with Gasteiger partial charge in [-0.05, 0) is 59.7 Å². The first-order chi connectivity index (χ1) is 19.3. The van der Waals surface area contributed by atoms with E-state index in [9.17, 15) is 0 Å². The zero-order valence-corrected chi connectivity index (χ0v) is 20.9. The molecule has 39 heavy (non-hydrogen) atoms. The lowest BCUT2D eigenvalue weighted by molar-refractivity contribution is 0.669. The minimum atomic E-state index is 0.911. The molecule has 0 spiro atoms. The lowest BCUT2D eigenvalue weighted by atomic mass is 10.0. The summed E-state index contributed by atoms with van der Waals surface area (Å²) in [7, 11) is 0. The third-order valence-corrected chi connectivity index (χ3v) is 8.02. The average Bonchev–Trinajstić information content (AvgIpc) is 3.66. The van der Waals surface area contributed by atoms with Gasteiger partial charge in [0.15, 0.2) is 5.58 Å². The summed E-state index contributed by atoms with van der Waals surface area (Å²) < 4.78 is 14.9. The fraction of sp³-hybridized carbons (Fsp3) is 0. The Morgan fingerprint density at radius 2 is 1.03 bits per heavy atom. The zero-order valence-electron chi connectivity index (χ0n) is 20.9. The van der Waals surface area contributed by atoms with Gasteiger partial charge in [-0.2, -0.15) is 0 Å². The van der Waals surface area contributed by atoms with Gasteiger partial charge in [-0.25, -0.2) is 0 Å². The highest BCUT2D eigenvalue weighted by Gasteiger charge is 2.18. The first-order valence-electron chi connectivity index (χ1n) is 13.2. The van der Waals surface area contributed by atoms with Crippen LogP contribution in [0.4, 0.5) is 0 Å². The lowest BCUT2D eigenvalue weighted by Crippen LogP contribution is -1.94. The number of furan rings is 2. The molecule has 0 radical (unpaired) electrons. The van der Waals surface area contributed by atoms with Gasteiger partial charge in [0, 0.05) is 38.0 Å². The van der Waals surface area contributed by atoms with Crippen LogP contribution in [0.25, 0.3) is 82.5 Å². The number of rotatable bonds is 2. The molecule has 6 aromatic carbocycles. The van der Waals surface area contributed by atoms with Crippen LogP contribution in [-0.2, 0) is 0 Å². The second kappa shape index (κ2) is 7.62. The third-order valence-electron chi connectivity index (χ3n) is 8.02. The summed E-state index contributed by atoms with van der Waals surface area (Å²) in [4.78, 5) is 0. The normalized spacial score (nSPS) is 12.1. The van der Waals surface area contributed by atoms with Crippen LogP contribution < -0.4 is 0 Å². The van der Waals surface area contributed by atoms with Gasteiger partial charge in [0.25, 0.3) is 0 Å². The number of nitrogens with zero attached hydrogens (tertiary/aromatic N) is 1. The van der Waals surface area contributed by atoms with E-state index in [0.717, 1.165) is 55.1 Å².